The number of benzene rings is 1. The van der Waals surface area contributed by atoms with Crippen molar-refractivity contribution in [3.63, 3.8) is 0 Å². The first-order valence-corrected chi connectivity index (χ1v) is 9.02. The van der Waals surface area contributed by atoms with Gasteiger partial charge in [0.15, 0.2) is 12.4 Å². The number of amides is 1. The van der Waals surface area contributed by atoms with E-state index in [-0.39, 0.29) is 23.6 Å². The monoisotopic (exact) mass is 362 g/mol. The van der Waals surface area contributed by atoms with Crippen molar-refractivity contribution < 1.29 is 13.9 Å². The quantitative estimate of drug-likeness (QED) is 0.825. The number of fused-ring (bicyclic) bond motifs is 2. The Labute approximate surface area is 148 Å². The van der Waals surface area contributed by atoms with Crippen LogP contribution in [0, 0.1) is 11.2 Å². The predicted octanol–water partition coefficient (Wildman–Crippen LogP) is 2.64. The van der Waals surface area contributed by atoms with E-state index in [0.29, 0.717) is 22.8 Å². The number of carbonyl (C=O) groups excluding carboxylic acids is 1. The molecular formula is C17H19FN4O2S. The number of hydrogen-bond acceptors (Lipinski definition) is 5. The highest BCUT2D eigenvalue weighted by Gasteiger charge is 2.31. The highest BCUT2D eigenvalue weighted by atomic mass is 32.1. The molecule has 1 aromatic heterocycles. The third-order valence-electron chi connectivity index (χ3n) is 4.50. The van der Waals surface area contributed by atoms with Crippen molar-refractivity contribution in [1.29, 1.82) is 0 Å². The molecule has 0 aliphatic carbocycles. The van der Waals surface area contributed by atoms with E-state index in [9.17, 15) is 9.18 Å². The Kier molecular flexibility index (Phi) is 3.68. The number of anilines is 1. The Hall–Kier alpha value is -2.22. The van der Waals surface area contributed by atoms with Gasteiger partial charge in [-0.15, -0.1) is 0 Å². The average Bonchev–Trinajstić information content (AvgIpc) is 3.04. The van der Waals surface area contributed by atoms with Crippen LogP contribution in [0.15, 0.2) is 17.1 Å². The van der Waals surface area contributed by atoms with Crippen LogP contribution in [0.1, 0.15) is 26.6 Å². The minimum Gasteiger partial charge on any atom is -0.481 e. The molecule has 0 saturated carbocycles. The van der Waals surface area contributed by atoms with Crippen molar-refractivity contribution in [3.05, 3.63) is 28.6 Å². The topological polar surface area (TPSA) is 59.7 Å². The molecule has 8 heteroatoms. The van der Waals surface area contributed by atoms with Crippen molar-refractivity contribution in [3.8, 4) is 5.75 Å². The second kappa shape index (κ2) is 5.66. The van der Waals surface area contributed by atoms with Gasteiger partial charge in [0.05, 0.1) is 5.69 Å². The second-order valence-electron chi connectivity index (χ2n) is 7.12. The molecule has 0 atom stereocenters. The maximum absolute atomic E-state index is 14.5. The van der Waals surface area contributed by atoms with Gasteiger partial charge in [-0.2, -0.15) is 4.37 Å². The number of nitrogens with zero attached hydrogens (tertiary/aromatic N) is 4. The maximum atomic E-state index is 14.5. The fourth-order valence-corrected chi connectivity index (χ4v) is 4.09. The summed E-state index contributed by atoms with van der Waals surface area (Å²) in [6.07, 6.45) is 0.887. The largest absolute Gasteiger partial charge is 0.481 e. The Morgan fingerprint density at radius 1 is 1.44 bits per heavy atom. The molecule has 0 saturated heterocycles. The van der Waals surface area contributed by atoms with Crippen molar-refractivity contribution in [2.45, 2.75) is 33.7 Å². The van der Waals surface area contributed by atoms with E-state index in [4.69, 9.17) is 4.74 Å². The molecule has 2 aromatic rings. The first kappa shape index (κ1) is 16.3. The fraction of sp³-hybridized carbons (Fsp3) is 0.471. The van der Waals surface area contributed by atoms with Gasteiger partial charge in [-0.1, -0.05) is 13.8 Å². The van der Waals surface area contributed by atoms with E-state index in [0.717, 1.165) is 18.8 Å². The number of likely N-dealkylation sites (N-methyl/N-ethyl adjacent to an activating group) is 1. The van der Waals surface area contributed by atoms with Gasteiger partial charge in [0.1, 0.15) is 17.3 Å². The summed E-state index contributed by atoms with van der Waals surface area (Å²) in [5.74, 6) is 0.758. The standard InChI is InChI=1S/C17H19FN4O2S/c1-4-21-12-6-11(10(18)5-13(12)24-8-15(21)23)19-16-22-9-17(2,3)7-14(22)20-25-16/h5-6H,4,7-9H2,1-3H3. The van der Waals surface area contributed by atoms with Crippen LogP contribution in [-0.2, 0) is 17.8 Å². The fourth-order valence-electron chi connectivity index (χ4n) is 3.33. The highest BCUT2D eigenvalue weighted by Crippen LogP contribution is 2.37. The number of halogens is 1. The van der Waals surface area contributed by atoms with E-state index in [1.165, 1.54) is 17.6 Å². The van der Waals surface area contributed by atoms with Crippen LogP contribution in [-0.4, -0.2) is 28.0 Å². The first-order valence-electron chi connectivity index (χ1n) is 8.25. The van der Waals surface area contributed by atoms with E-state index in [1.807, 2.05) is 11.5 Å². The summed E-state index contributed by atoms with van der Waals surface area (Å²) in [5, 5.41) is 0. The second-order valence-corrected chi connectivity index (χ2v) is 7.85. The summed E-state index contributed by atoms with van der Waals surface area (Å²) in [5.41, 5.74) is 0.887. The maximum Gasteiger partial charge on any atom is 0.265 e. The lowest BCUT2D eigenvalue weighted by Gasteiger charge is -2.28. The summed E-state index contributed by atoms with van der Waals surface area (Å²) >= 11 is 1.27. The summed E-state index contributed by atoms with van der Waals surface area (Å²) in [6.45, 7) is 7.48. The summed E-state index contributed by atoms with van der Waals surface area (Å²) in [4.78, 5) is 18.7. The predicted molar refractivity (Wildman–Crippen MR) is 92.7 cm³/mol. The molecule has 0 unspecified atom stereocenters. The molecule has 1 amide bonds. The molecule has 0 N–H and O–H groups in total. The number of carbonyl (C=O) groups is 1. The zero-order chi connectivity index (χ0) is 17.8. The zero-order valence-electron chi connectivity index (χ0n) is 14.4. The number of aromatic nitrogens is 2. The summed E-state index contributed by atoms with van der Waals surface area (Å²) < 4.78 is 26.3. The third-order valence-corrected chi connectivity index (χ3v) is 5.28. The Morgan fingerprint density at radius 2 is 2.24 bits per heavy atom. The Balaban J connectivity index is 1.81. The van der Waals surface area contributed by atoms with Gasteiger partial charge in [-0.25, -0.2) is 9.38 Å². The number of ether oxygens (including phenoxy) is 1. The van der Waals surface area contributed by atoms with Gasteiger partial charge < -0.3 is 14.2 Å². The van der Waals surface area contributed by atoms with E-state index in [1.54, 1.807) is 11.0 Å². The number of hydrogen-bond donors (Lipinski definition) is 0. The first-order chi connectivity index (χ1) is 11.9. The highest BCUT2D eigenvalue weighted by molar-refractivity contribution is 7.02. The van der Waals surface area contributed by atoms with Gasteiger partial charge in [0.2, 0.25) is 4.80 Å². The van der Waals surface area contributed by atoms with Gasteiger partial charge in [-0.05, 0) is 18.4 Å². The van der Waals surface area contributed by atoms with Crippen LogP contribution in [0.4, 0.5) is 15.8 Å². The minimum absolute atomic E-state index is 0.0654. The molecule has 0 radical (unpaired) electrons. The van der Waals surface area contributed by atoms with Crippen LogP contribution in [0.3, 0.4) is 0 Å². The van der Waals surface area contributed by atoms with E-state index in [2.05, 4.69) is 23.2 Å². The molecule has 2 aliphatic rings. The molecule has 1 aromatic carbocycles. The smallest absolute Gasteiger partial charge is 0.265 e. The molecule has 6 nitrogen and oxygen atoms in total. The lowest BCUT2D eigenvalue weighted by atomic mass is 9.92. The van der Waals surface area contributed by atoms with Gasteiger partial charge in [-0.3, -0.25) is 4.79 Å². The van der Waals surface area contributed by atoms with Crippen LogP contribution in [0.25, 0.3) is 0 Å². The van der Waals surface area contributed by atoms with Gasteiger partial charge in [0, 0.05) is 37.1 Å². The SMILES string of the molecule is CCN1C(=O)COc2cc(F)c(N=c3snc4n3CC(C)(C)C4)cc21. The van der Waals surface area contributed by atoms with Gasteiger partial charge >= 0.3 is 0 Å². The Bertz CT molecular complexity index is 931. The minimum atomic E-state index is -0.468. The molecule has 0 bridgehead atoms. The lowest BCUT2D eigenvalue weighted by Crippen LogP contribution is -2.38. The van der Waals surface area contributed by atoms with Crippen LogP contribution in [0.5, 0.6) is 5.75 Å². The molecule has 0 spiro atoms. The molecule has 2 aliphatic heterocycles. The molecule has 3 heterocycles. The van der Waals surface area contributed by atoms with Crippen molar-refractivity contribution in [2.75, 3.05) is 18.1 Å². The number of rotatable bonds is 2. The molecular weight excluding hydrogens is 343 g/mol. The van der Waals surface area contributed by atoms with Crippen LogP contribution >= 0.6 is 11.5 Å². The summed E-state index contributed by atoms with van der Waals surface area (Å²) in [7, 11) is 0. The molecule has 132 valence electrons. The zero-order valence-corrected chi connectivity index (χ0v) is 15.2. The normalized spacial score (nSPS) is 19.0. The Morgan fingerprint density at radius 3 is 3.00 bits per heavy atom. The third kappa shape index (κ3) is 2.74. The van der Waals surface area contributed by atoms with Gasteiger partial charge in [0.25, 0.3) is 5.91 Å². The summed E-state index contributed by atoms with van der Waals surface area (Å²) in [6, 6.07) is 2.89. The van der Waals surface area contributed by atoms with Crippen molar-refractivity contribution in [1.82, 2.24) is 8.94 Å². The van der Waals surface area contributed by atoms with Crippen molar-refractivity contribution in [2.24, 2.45) is 10.4 Å². The van der Waals surface area contributed by atoms with E-state index >= 15 is 0 Å². The molecule has 25 heavy (non-hydrogen) atoms. The van der Waals surface area contributed by atoms with Crippen molar-refractivity contribution >= 4 is 28.8 Å². The average molecular weight is 362 g/mol. The lowest BCUT2D eigenvalue weighted by molar-refractivity contribution is -0.121. The van der Waals surface area contributed by atoms with Crippen LogP contribution < -0.4 is 14.4 Å². The molecule has 4 rings (SSSR count). The van der Waals surface area contributed by atoms with E-state index < -0.39 is 5.82 Å². The van der Waals surface area contributed by atoms with Crippen LogP contribution in [0.2, 0.25) is 0 Å². The molecule has 0 fully saturated rings.